The zero-order valence-electron chi connectivity index (χ0n) is 17.1. The number of anilines is 1. The Labute approximate surface area is 174 Å². The summed E-state index contributed by atoms with van der Waals surface area (Å²) in [6.45, 7) is 0. The molecule has 30 heavy (non-hydrogen) atoms. The van der Waals surface area contributed by atoms with Crippen LogP contribution in [0.25, 0.3) is 17.0 Å². The van der Waals surface area contributed by atoms with Crippen molar-refractivity contribution in [3.63, 3.8) is 0 Å². The first-order chi connectivity index (χ1) is 14.6. The van der Waals surface area contributed by atoms with Crippen molar-refractivity contribution in [3.05, 3.63) is 69.5 Å². The molecule has 2 aromatic carbocycles. The quantitative estimate of drug-likeness (QED) is 0.628. The van der Waals surface area contributed by atoms with Gasteiger partial charge >= 0.3 is 0 Å². The fourth-order valence-corrected chi connectivity index (χ4v) is 3.95. The van der Waals surface area contributed by atoms with E-state index in [2.05, 4.69) is 10.3 Å². The van der Waals surface area contributed by atoms with Gasteiger partial charge in [0, 0.05) is 22.7 Å². The number of nitrogens with one attached hydrogen (secondary N) is 2. The minimum atomic E-state index is -0.260. The van der Waals surface area contributed by atoms with Gasteiger partial charge in [-0.25, -0.2) is 0 Å². The van der Waals surface area contributed by atoms with Gasteiger partial charge in [-0.05, 0) is 67.2 Å². The standard InChI is InChI=1S/C24H24N2O4/c1-29-21-11-7-15(13-22(21)30-2)8-12-23(27)25-16-9-10-18-17-5-3-4-6-19(17)24(28)26-20(18)14-16/h7-14H,3-6H2,1-2H3,(H,25,27)(H,26,28)/b12-8-. The zero-order valence-corrected chi connectivity index (χ0v) is 17.1. The van der Waals surface area contributed by atoms with Gasteiger partial charge in [0.1, 0.15) is 0 Å². The maximum absolute atomic E-state index is 12.4. The average Bonchev–Trinajstić information content (AvgIpc) is 2.77. The Morgan fingerprint density at radius 3 is 2.53 bits per heavy atom. The fraction of sp³-hybridized carbons (Fsp3) is 0.250. The number of fused-ring (bicyclic) bond motifs is 3. The number of H-pyrrole nitrogens is 1. The molecule has 0 spiro atoms. The van der Waals surface area contributed by atoms with Crippen LogP contribution in [0.2, 0.25) is 0 Å². The van der Waals surface area contributed by atoms with Crippen LogP contribution in [0, 0.1) is 0 Å². The maximum Gasteiger partial charge on any atom is 0.251 e. The molecule has 3 aromatic rings. The molecule has 0 saturated heterocycles. The van der Waals surface area contributed by atoms with Gasteiger partial charge in [-0.3, -0.25) is 9.59 Å². The Kier molecular flexibility index (Phi) is 5.57. The van der Waals surface area contributed by atoms with E-state index in [1.165, 1.54) is 6.08 Å². The molecule has 6 heteroatoms. The van der Waals surface area contributed by atoms with E-state index in [4.69, 9.17) is 9.47 Å². The van der Waals surface area contributed by atoms with Crippen LogP contribution in [0.3, 0.4) is 0 Å². The molecular weight excluding hydrogens is 380 g/mol. The number of ether oxygens (including phenoxy) is 2. The van der Waals surface area contributed by atoms with Crippen molar-refractivity contribution in [1.29, 1.82) is 0 Å². The minimum absolute atomic E-state index is 0.0194. The Morgan fingerprint density at radius 1 is 1.00 bits per heavy atom. The molecule has 1 aliphatic carbocycles. The predicted octanol–water partition coefficient (Wildman–Crippen LogP) is 4.08. The second-order valence-electron chi connectivity index (χ2n) is 7.32. The van der Waals surface area contributed by atoms with Gasteiger partial charge in [0.25, 0.3) is 5.56 Å². The number of hydrogen-bond donors (Lipinski definition) is 2. The first-order valence-corrected chi connectivity index (χ1v) is 9.98. The number of pyridine rings is 1. The number of aryl methyl sites for hydroxylation is 1. The monoisotopic (exact) mass is 404 g/mol. The largest absolute Gasteiger partial charge is 0.493 e. The zero-order chi connectivity index (χ0) is 21.1. The summed E-state index contributed by atoms with van der Waals surface area (Å²) < 4.78 is 10.5. The molecule has 0 saturated carbocycles. The molecule has 1 aliphatic rings. The third-order valence-electron chi connectivity index (χ3n) is 5.44. The molecule has 4 rings (SSSR count). The van der Waals surface area contributed by atoms with E-state index in [0.29, 0.717) is 17.2 Å². The molecule has 2 N–H and O–H groups in total. The van der Waals surface area contributed by atoms with Crippen LogP contribution >= 0.6 is 0 Å². The molecule has 0 atom stereocenters. The van der Waals surface area contributed by atoms with Crippen LogP contribution in [0.1, 0.15) is 29.5 Å². The molecule has 6 nitrogen and oxygen atoms in total. The lowest BCUT2D eigenvalue weighted by Crippen LogP contribution is -2.19. The predicted molar refractivity (Wildman–Crippen MR) is 118 cm³/mol. The van der Waals surface area contributed by atoms with Crippen LogP contribution in [-0.2, 0) is 17.6 Å². The Hall–Kier alpha value is -3.54. The smallest absolute Gasteiger partial charge is 0.251 e. The lowest BCUT2D eigenvalue weighted by Gasteiger charge is -2.17. The number of methoxy groups -OCH3 is 2. The van der Waals surface area contributed by atoms with Crippen molar-refractivity contribution in [2.24, 2.45) is 0 Å². The summed E-state index contributed by atoms with van der Waals surface area (Å²) in [5.74, 6) is 0.970. The molecule has 1 aromatic heterocycles. The Morgan fingerprint density at radius 2 is 1.77 bits per heavy atom. The van der Waals surface area contributed by atoms with E-state index < -0.39 is 0 Å². The van der Waals surface area contributed by atoms with Crippen molar-refractivity contribution in [1.82, 2.24) is 4.98 Å². The summed E-state index contributed by atoms with van der Waals surface area (Å²) >= 11 is 0. The molecule has 0 bridgehead atoms. The first-order valence-electron chi connectivity index (χ1n) is 9.98. The van der Waals surface area contributed by atoms with Crippen molar-refractivity contribution in [2.45, 2.75) is 25.7 Å². The maximum atomic E-state index is 12.4. The van der Waals surface area contributed by atoms with E-state index in [1.54, 1.807) is 32.4 Å². The van der Waals surface area contributed by atoms with Gasteiger partial charge in [0.15, 0.2) is 11.5 Å². The second-order valence-corrected chi connectivity index (χ2v) is 7.32. The molecule has 0 fully saturated rings. The van der Waals surface area contributed by atoms with Crippen LogP contribution < -0.4 is 20.3 Å². The van der Waals surface area contributed by atoms with E-state index in [9.17, 15) is 9.59 Å². The van der Waals surface area contributed by atoms with Crippen molar-refractivity contribution in [3.8, 4) is 11.5 Å². The number of aromatic amines is 1. The highest BCUT2D eigenvalue weighted by atomic mass is 16.5. The highest BCUT2D eigenvalue weighted by Crippen LogP contribution is 2.29. The summed E-state index contributed by atoms with van der Waals surface area (Å²) in [6.07, 6.45) is 7.08. The molecule has 0 aliphatic heterocycles. The van der Waals surface area contributed by atoms with Gasteiger partial charge in [0.2, 0.25) is 5.91 Å². The number of amides is 1. The summed E-state index contributed by atoms with van der Waals surface area (Å²) in [5.41, 5.74) is 4.24. The van der Waals surface area contributed by atoms with Crippen LogP contribution in [0.15, 0.2) is 47.3 Å². The average molecular weight is 404 g/mol. The van der Waals surface area contributed by atoms with Crippen molar-refractivity contribution < 1.29 is 14.3 Å². The lowest BCUT2D eigenvalue weighted by atomic mass is 9.90. The summed E-state index contributed by atoms with van der Waals surface area (Å²) in [5, 5.41) is 3.91. The van der Waals surface area contributed by atoms with E-state index in [0.717, 1.165) is 53.3 Å². The molecule has 154 valence electrons. The molecule has 0 radical (unpaired) electrons. The van der Waals surface area contributed by atoms with Gasteiger partial charge in [0.05, 0.1) is 19.7 Å². The summed E-state index contributed by atoms with van der Waals surface area (Å²) in [4.78, 5) is 27.7. The third-order valence-corrected chi connectivity index (χ3v) is 5.44. The molecule has 1 amide bonds. The Bertz CT molecular complexity index is 1190. The molecule has 0 unspecified atom stereocenters. The second kappa shape index (κ2) is 8.45. The summed E-state index contributed by atoms with van der Waals surface area (Å²) in [7, 11) is 3.15. The van der Waals surface area contributed by atoms with Gasteiger partial charge in [-0.1, -0.05) is 12.1 Å². The molecule has 1 heterocycles. The summed E-state index contributed by atoms with van der Waals surface area (Å²) in [6, 6.07) is 11.1. The minimum Gasteiger partial charge on any atom is -0.493 e. The van der Waals surface area contributed by atoms with Crippen LogP contribution in [0.4, 0.5) is 5.69 Å². The highest BCUT2D eigenvalue weighted by Gasteiger charge is 2.16. The van der Waals surface area contributed by atoms with Crippen molar-refractivity contribution >= 4 is 28.6 Å². The first kappa shape index (κ1) is 19.8. The molecular formula is C24H24N2O4. The number of carbonyl (C=O) groups is 1. The van der Waals surface area contributed by atoms with Crippen LogP contribution in [-0.4, -0.2) is 25.1 Å². The van der Waals surface area contributed by atoms with E-state index in [1.807, 2.05) is 24.3 Å². The van der Waals surface area contributed by atoms with Crippen molar-refractivity contribution in [2.75, 3.05) is 19.5 Å². The lowest BCUT2D eigenvalue weighted by molar-refractivity contribution is -0.111. The normalized spacial score (nSPS) is 13.3. The van der Waals surface area contributed by atoms with E-state index >= 15 is 0 Å². The highest BCUT2D eigenvalue weighted by molar-refractivity contribution is 6.03. The fourth-order valence-electron chi connectivity index (χ4n) is 3.95. The number of aromatic nitrogens is 1. The van der Waals surface area contributed by atoms with Gasteiger partial charge in [-0.15, -0.1) is 0 Å². The van der Waals surface area contributed by atoms with E-state index in [-0.39, 0.29) is 11.5 Å². The third kappa shape index (κ3) is 3.94. The number of carbonyl (C=O) groups excluding carboxylic acids is 1. The van der Waals surface area contributed by atoms with Crippen LogP contribution in [0.5, 0.6) is 11.5 Å². The Balaban J connectivity index is 1.53. The number of hydrogen-bond acceptors (Lipinski definition) is 4. The topological polar surface area (TPSA) is 80.4 Å². The number of rotatable bonds is 5. The van der Waals surface area contributed by atoms with Gasteiger partial charge < -0.3 is 19.8 Å². The van der Waals surface area contributed by atoms with Gasteiger partial charge in [-0.2, -0.15) is 0 Å². The SMILES string of the molecule is COc1ccc(/C=C\C(=O)Nc2ccc3c4c(c(=O)[nH]c3c2)CCCC4)cc1OC. The number of benzene rings is 2.